The standard InChI is InChI=1S/C17H28N2O2/c1-13-11-15(13)17(21)19-10-6-7-14(12-19)16(20)18-8-4-2-3-5-9-18/h13-15H,2-12H2,1H3/t13-,14-,15-/m1/s1. The van der Waals surface area contributed by atoms with Gasteiger partial charge in [-0.15, -0.1) is 0 Å². The summed E-state index contributed by atoms with van der Waals surface area (Å²) in [6.45, 7) is 5.50. The highest BCUT2D eigenvalue weighted by atomic mass is 16.2. The molecule has 0 aromatic heterocycles. The van der Waals surface area contributed by atoms with Crippen LogP contribution >= 0.6 is 0 Å². The predicted octanol–water partition coefficient (Wildman–Crippen LogP) is 2.28. The van der Waals surface area contributed by atoms with Crippen LogP contribution < -0.4 is 0 Å². The highest BCUT2D eigenvalue weighted by Gasteiger charge is 2.43. The Morgan fingerprint density at radius 1 is 0.857 bits per heavy atom. The number of hydrogen-bond donors (Lipinski definition) is 0. The topological polar surface area (TPSA) is 40.6 Å². The van der Waals surface area contributed by atoms with Crippen LogP contribution in [0, 0.1) is 17.8 Å². The zero-order valence-corrected chi connectivity index (χ0v) is 13.2. The van der Waals surface area contributed by atoms with Crippen molar-refractivity contribution in [2.75, 3.05) is 26.2 Å². The summed E-state index contributed by atoms with van der Waals surface area (Å²) < 4.78 is 0. The lowest BCUT2D eigenvalue weighted by atomic mass is 9.96. The lowest BCUT2D eigenvalue weighted by Gasteiger charge is -2.35. The smallest absolute Gasteiger partial charge is 0.227 e. The number of carbonyl (C=O) groups is 2. The first kappa shape index (κ1) is 14.9. The van der Waals surface area contributed by atoms with Crippen LogP contribution in [0.25, 0.3) is 0 Å². The fourth-order valence-electron chi connectivity index (χ4n) is 3.83. The Bertz CT molecular complexity index is 402. The van der Waals surface area contributed by atoms with Crippen molar-refractivity contribution < 1.29 is 9.59 Å². The molecule has 1 aliphatic carbocycles. The van der Waals surface area contributed by atoms with Gasteiger partial charge in [-0.1, -0.05) is 19.8 Å². The van der Waals surface area contributed by atoms with Crippen LogP contribution in [0.5, 0.6) is 0 Å². The predicted molar refractivity (Wildman–Crippen MR) is 81.6 cm³/mol. The van der Waals surface area contributed by atoms with E-state index in [-0.39, 0.29) is 11.8 Å². The minimum absolute atomic E-state index is 0.0508. The highest BCUT2D eigenvalue weighted by molar-refractivity contribution is 5.84. The van der Waals surface area contributed by atoms with E-state index in [1.165, 1.54) is 12.8 Å². The first-order valence-electron chi connectivity index (χ1n) is 8.74. The van der Waals surface area contributed by atoms with Gasteiger partial charge in [0.05, 0.1) is 5.92 Å². The van der Waals surface area contributed by atoms with Crippen molar-refractivity contribution in [1.29, 1.82) is 0 Å². The lowest BCUT2D eigenvalue weighted by molar-refractivity contribution is -0.141. The molecule has 0 radical (unpaired) electrons. The van der Waals surface area contributed by atoms with E-state index in [0.717, 1.165) is 51.7 Å². The first-order chi connectivity index (χ1) is 10.2. The molecule has 118 valence electrons. The Hall–Kier alpha value is -1.06. The Labute approximate surface area is 127 Å². The van der Waals surface area contributed by atoms with E-state index in [9.17, 15) is 9.59 Å². The molecule has 0 unspecified atom stereocenters. The summed E-state index contributed by atoms with van der Waals surface area (Å²) in [4.78, 5) is 29.1. The van der Waals surface area contributed by atoms with E-state index in [1.54, 1.807) is 0 Å². The number of carbonyl (C=O) groups excluding carboxylic acids is 2. The maximum absolute atomic E-state index is 12.7. The van der Waals surface area contributed by atoms with Gasteiger partial charge in [0.15, 0.2) is 0 Å². The molecule has 2 heterocycles. The molecule has 21 heavy (non-hydrogen) atoms. The number of piperidine rings is 1. The van der Waals surface area contributed by atoms with Gasteiger partial charge >= 0.3 is 0 Å². The van der Waals surface area contributed by atoms with E-state index in [2.05, 4.69) is 11.8 Å². The third-order valence-electron chi connectivity index (χ3n) is 5.43. The average molecular weight is 292 g/mol. The van der Waals surface area contributed by atoms with E-state index in [1.807, 2.05) is 4.90 Å². The lowest BCUT2D eigenvalue weighted by Crippen LogP contribution is -2.47. The number of likely N-dealkylation sites (tertiary alicyclic amines) is 2. The first-order valence-corrected chi connectivity index (χ1v) is 8.74. The SMILES string of the molecule is C[C@@H]1C[C@H]1C(=O)N1CCC[C@@H](C(=O)N2CCCCCC2)C1. The number of rotatable bonds is 2. The van der Waals surface area contributed by atoms with Crippen LogP contribution in [0.3, 0.4) is 0 Å². The molecule has 0 aromatic rings. The average Bonchev–Trinajstić information content (AvgIpc) is 3.28. The second-order valence-electron chi connectivity index (χ2n) is 7.18. The van der Waals surface area contributed by atoms with E-state index in [0.29, 0.717) is 24.3 Å². The number of hydrogen-bond acceptors (Lipinski definition) is 2. The van der Waals surface area contributed by atoms with Gasteiger partial charge in [-0.3, -0.25) is 9.59 Å². The van der Waals surface area contributed by atoms with Crippen molar-refractivity contribution in [3.8, 4) is 0 Å². The van der Waals surface area contributed by atoms with E-state index < -0.39 is 0 Å². The second kappa shape index (κ2) is 6.37. The molecule has 0 spiro atoms. The summed E-state index contributed by atoms with van der Waals surface area (Å²) in [7, 11) is 0. The van der Waals surface area contributed by atoms with Crippen molar-refractivity contribution in [2.24, 2.45) is 17.8 Å². The quantitative estimate of drug-likeness (QED) is 0.783. The molecule has 2 aliphatic heterocycles. The maximum atomic E-state index is 12.7. The van der Waals surface area contributed by atoms with E-state index >= 15 is 0 Å². The van der Waals surface area contributed by atoms with E-state index in [4.69, 9.17) is 0 Å². The van der Waals surface area contributed by atoms with Crippen molar-refractivity contribution in [3.05, 3.63) is 0 Å². The molecule has 4 heteroatoms. The molecular formula is C17H28N2O2. The van der Waals surface area contributed by atoms with Crippen LogP contribution in [0.15, 0.2) is 0 Å². The molecule has 0 bridgehead atoms. The van der Waals surface area contributed by atoms with Gasteiger partial charge in [-0.2, -0.15) is 0 Å². The third-order valence-corrected chi connectivity index (χ3v) is 5.43. The van der Waals surface area contributed by atoms with Gasteiger partial charge in [-0.05, 0) is 38.0 Å². The molecule has 0 N–H and O–H groups in total. The molecule has 4 nitrogen and oxygen atoms in total. The summed E-state index contributed by atoms with van der Waals surface area (Å²) >= 11 is 0. The highest BCUT2D eigenvalue weighted by Crippen LogP contribution is 2.40. The fourth-order valence-corrected chi connectivity index (χ4v) is 3.83. The van der Waals surface area contributed by atoms with Crippen LogP contribution in [0.2, 0.25) is 0 Å². The molecule has 3 aliphatic rings. The molecule has 3 rings (SSSR count). The minimum Gasteiger partial charge on any atom is -0.342 e. The van der Waals surface area contributed by atoms with Gasteiger partial charge in [0, 0.05) is 32.1 Å². The largest absolute Gasteiger partial charge is 0.342 e. The number of amides is 2. The van der Waals surface area contributed by atoms with Gasteiger partial charge in [0.25, 0.3) is 0 Å². The van der Waals surface area contributed by atoms with Gasteiger partial charge < -0.3 is 9.80 Å². The van der Waals surface area contributed by atoms with Crippen molar-refractivity contribution in [3.63, 3.8) is 0 Å². The van der Waals surface area contributed by atoms with Crippen molar-refractivity contribution in [2.45, 2.75) is 51.9 Å². The molecule has 2 amide bonds. The monoisotopic (exact) mass is 292 g/mol. The van der Waals surface area contributed by atoms with Crippen molar-refractivity contribution >= 4 is 11.8 Å². The summed E-state index contributed by atoms with van der Waals surface area (Å²) in [6, 6.07) is 0. The van der Waals surface area contributed by atoms with Crippen LogP contribution in [-0.2, 0) is 9.59 Å². The zero-order chi connectivity index (χ0) is 14.8. The van der Waals surface area contributed by atoms with Crippen LogP contribution in [0.4, 0.5) is 0 Å². The molecular weight excluding hydrogens is 264 g/mol. The normalized spacial score (nSPS) is 33.5. The van der Waals surface area contributed by atoms with Gasteiger partial charge in [0.1, 0.15) is 0 Å². The Morgan fingerprint density at radius 3 is 2.10 bits per heavy atom. The molecule has 3 atom stereocenters. The molecule has 1 saturated carbocycles. The molecule has 2 saturated heterocycles. The summed E-state index contributed by atoms with van der Waals surface area (Å²) in [5, 5.41) is 0. The number of nitrogens with zero attached hydrogens (tertiary/aromatic N) is 2. The Morgan fingerprint density at radius 2 is 1.48 bits per heavy atom. The Balaban J connectivity index is 1.57. The summed E-state index contributed by atoms with van der Waals surface area (Å²) in [5.74, 6) is 1.46. The van der Waals surface area contributed by atoms with Gasteiger partial charge in [-0.25, -0.2) is 0 Å². The van der Waals surface area contributed by atoms with Gasteiger partial charge in [0.2, 0.25) is 11.8 Å². The Kier molecular flexibility index (Phi) is 4.51. The zero-order valence-electron chi connectivity index (χ0n) is 13.2. The van der Waals surface area contributed by atoms with Crippen molar-refractivity contribution in [1.82, 2.24) is 9.80 Å². The minimum atomic E-state index is 0.0508. The summed E-state index contributed by atoms with van der Waals surface area (Å²) in [5.41, 5.74) is 0. The van der Waals surface area contributed by atoms with Crippen LogP contribution in [0.1, 0.15) is 51.9 Å². The maximum Gasteiger partial charge on any atom is 0.227 e. The van der Waals surface area contributed by atoms with Crippen LogP contribution in [-0.4, -0.2) is 47.8 Å². The fraction of sp³-hybridized carbons (Fsp3) is 0.882. The molecule has 0 aromatic carbocycles. The molecule has 3 fully saturated rings. The second-order valence-corrected chi connectivity index (χ2v) is 7.18. The third kappa shape index (κ3) is 3.41. The summed E-state index contributed by atoms with van der Waals surface area (Å²) in [6.07, 6.45) is 7.76.